The van der Waals surface area contributed by atoms with Crippen LogP contribution >= 0.6 is 11.3 Å². The number of rotatable bonds is 5. The number of ether oxygens (including phenoxy) is 1. The molecule has 0 bridgehead atoms. The van der Waals surface area contributed by atoms with Gasteiger partial charge >= 0.3 is 12.3 Å². The summed E-state index contributed by atoms with van der Waals surface area (Å²) in [6, 6.07) is 6.98. The fraction of sp³-hybridized carbons (Fsp3) is 0.480. The molecule has 1 aromatic carbocycles. The van der Waals surface area contributed by atoms with E-state index in [9.17, 15) is 31.5 Å². The highest BCUT2D eigenvalue weighted by molar-refractivity contribution is 7.91. The molecule has 0 aliphatic carbocycles. The van der Waals surface area contributed by atoms with Crippen LogP contribution in [-0.2, 0) is 20.4 Å². The van der Waals surface area contributed by atoms with Crippen molar-refractivity contribution in [1.82, 2.24) is 9.62 Å². The van der Waals surface area contributed by atoms with Gasteiger partial charge in [0.25, 0.3) is 10.0 Å². The third-order valence-corrected chi connectivity index (χ3v) is 8.99. The Morgan fingerprint density at radius 2 is 1.79 bits per heavy atom. The highest BCUT2D eigenvalue weighted by Gasteiger charge is 2.51. The molecule has 2 heterocycles. The third-order valence-electron chi connectivity index (χ3n) is 5.72. The van der Waals surface area contributed by atoms with E-state index in [4.69, 9.17) is 4.74 Å². The largest absolute Gasteiger partial charge is 0.444 e. The molecular weight excluding hydrogens is 543 g/mol. The zero-order valence-corrected chi connectivity index (χ0v) is 23.1. The van der Waals surface area contributed by atoms with E-state index in [1.165, 1.54) is 22.5 Å². The van der Waals surface area contributed by atoms with Crippen LogP contribution < -0.4 is 10.2 Å². The number of halogens is 3. The number of nitrogens with zero attached hydrogens (tertiary/aromatic N) is 2. The number of hydrogen-bond donors (Lipinski definition) is 2. The Kier molecular flexibility index (Phi) is 8.72. The Balaban J connectivity index is 1.84. The highest BCUT2D eigenvalue weighted by atomic mass is 32.2. The summed E-state index contributed by atoms with van der Waals surface area (Å²) >= 11 is 1.13. The van der Waals surface area contributed by atoms with Crippen molar-refractivity contribution < 1.29 is 36.2 Å². The summed E-state index contributed by atoms with van der Waals surface area (Å²) in [4.78, 5) is 13.7. The number of nitrogens with one attached hydrogen (secondary N) is 1. The first-order valence-corrected chi connectivity index (χ1v) is 14.0. The van der Waals surface area contributed by atoms with Gasteiger partial charge in [-0.2, -0.15) is 17.5 Å². The second-order valence-corrected chi connectivity index (χ2v) is 12.9. The number of thiophene rings is 1. The van der Waals surface area contributed by atoms with E-state index in [-0.39, 0.29) is 42.5 Å². The minimum Gasteiger partial charge on any atom is -0.444 e. The van der Waals surface area contributed by atoms with Gasteiger partial charge in [-0.25, -0.2) is 13.2 Å². The number of amides is 1. The topological polar surface area (TPSA) is 99.2 Å². The van der Waals surface area contributed by atoms with Crippen molar-refractivity contribution in [2.24, 2.45) is 0 Å². The van der Waals surface area contributed by atoms with Gasteiger partial charge in [-0.15, -0.1) is 11.3 Å². The number of alkyl carbamates (subject to hydrolysis) is 1. The molecule has 1 unspecified atom stereocenters. The standard InChI is InChI=1S/C25H30F3N3O5S2/c1-23(2,3)36-22(32)29-11-5-7-18-17-19(24(4,33)25(26,27)28)9-10-20(18)30-12-14-31(15-13-30)38(34,35)21-8-6-16-37-21/h6,8-10,16-17,33H,11-15H2,1-4H3,(H,29,32). The minimum atomic E-state index is -4.92. The molecule has 0 saturated carbocycles. The second-order valence-electron chi connectivity index (χ2n) is 9.78. The number of benzene rings is 1. The van der Waals surface area contributed by atoms with E-state index in [1.54, 1.807) is 32.2 Å². The van der Waals surface area contributed by atoms with E-state index in [0.29, 0.717) is 12.6 Å². The fourth-order valence-electron chi connectivity index (χ4n) is 3.66. The summed E-state index contributed by atoms with van der Waals surface area (Å²) in [6.07, 6.45) is -5.61. The summed E-state index contributed by atoms with van der Waals surface area (Å²) < 4.78 is 72.9. The predicted molar refractivity (Wildman–Crippen MR) is 138 cm³/mol. The zero-order valence-electron chi connectivity index (χ0n) is 21.4. The molecule has 1 saturated heterocycles. The molecule has 0 radical (unpaired) electrons. The lowest BCUT2D eigenvalue weighted by atomic mass is 9.93. The maximum atomic E-state index is 13.5. The number of hydrogen-bond acceptors (Lipinski definition) is 7. The molecule has 2 aromatic rings. The number of piperazine rings is 1. The third kappa shape index (κ3) is 6.99. The zero-order chi connectivity index (χ0) is 28.4. The minimum absolute atomic E-state index is 0.124. The number of alkyl halides is 3. The SMILES string of the molecule is CC(C)(C)OC(=O)NCC#Cc1cc(C(C)(O)C(F)(F)F)ccc1N1CCN(S(=O)(=O)c2cccs2)CC1. The van der Waals surface area contributed by atoms with Crippen LogP contribution in [0.5, 0.6) is 0 Å². The monoisotopic (exact) mass is 573 g/mol. The quantitative estimate of drug-likeness (QED) is 0.527. The van der Waals surface area contributed by atoms with Crippen molar-refractivity contribution in [3.8, 4) is 11.8 Å². The molecule has 1 aromatic heterocycles. The molecular formula is C25H30F3N3O5S2. The van der Waals surface area contributed by atoms with Crippen molar-refractivity contribution >= 4 is 33.1 Å². The molecule has 1 aliphatic rings. The van der Waals surface area contributed by atoms with Crippen LogP contribution in [0.25, 0.3) is 0 Å². The van der Waals surface area contributed by atoms with Gasteiger partial charge in [0.05, 0.1) is 12.2 Å². The fourth-order valence-corrected chi connectivity index (χ4v) is 6.22. The number of sulfonamides is 1. The van der Waals surface area contributed by atoms with Gasteiger partial charge in [-0.05, 0) is 56.8 Å². The molecule has 2 N–H and O–H groups in total. The summed E-state index contributed by atoms with van der Waals surface area (Å²) in [5, 5.41) is 14.3. The Morgan fingerprint density at radius 3 is 2.34 bits per heavy atom. The predicted octanol–water partition coefficient (Wildman–Crippen LogP) is 3.91. The van der Waals surface area contributed by atoms with Crippen LogP contribution in [0.4, 0.5) is 23.7 Å². The normalized spacial score (nSPS) is 16.8. The van der Waals surface area contributed by atoms with Crippen molar-refractivity contribution in [2.75, 3.05) is 37.6 Å². The second kappa shape index (κ2) is 11.1. The number of carbonyl (C=O) groups is 1. The Hall–Kier alpha value is -2.79. The molecule has 3 rings (SSSR count). The Bertz CT molecular complexity index is 1300. The van der Waals surface area contributed by atoms with Crippen molar-refractivity contribution in [1.29, 1.82) is 0 Å². The van der Waals surface area contributed by atoms with Crippen LogP contribution in [0.2, 0.25) is 0 Å². The number of carbonyl (C=O) groups excluding carboxylic acids is 1. The van der Waals surface area contributed by atoms with Crippen molar-refractivity contribution in [2.45, 2.75) is 49.3 Å². The molecule has 1 fully saturated rings. The first-order valence-electron chi connectivity index (χ1n) is 11.7. The van der Waals surface area contributed by atoms with Crippen LogP contribution in [0.3, 0.4) is 0 Å². The molecule has 1 aliphatic heterocycles. The van der Waals surface area contributed by atoms with Crippen LogP contribution in [0.1, 0.15) is 38.8 Å². The lowest BCUT2D eigenvalue weighted by Crippen LogP contribution is -2.48. The number of aliphatic hydroxyl groups is 1. The first kappa shape index (κ1) is 29.8. The molecule has 38 heavy (non-hydrogen) atoms. The molecule has 1 atom stereocenters. The maximum absolute atomic E-state index is 13.5. The van der Waals surface area contributed by atoms with Gasteiger partial charge in [0.2, 0.25) is 0 Å². The smallest absolute Gasteiger partial charge is 0.421 e. The van der Waals surface area contributed by atoms with Crippen LogP contribution in [0.15, 0.2) is 39.9 Å². The first-order chi connectivity index (χ1) is 17.5. The van der Waals surface area contributed by atoms with Gasteiger partial charge in [-0.1, -0.05) is 24.0 Å². The van der Waals surface area contributed by atoms with E-state index in [1.807, 2.05) is 4.90 Å². The van der Waals surface area contributed by atoms with Crippen molar-refractivity contribution in [3.05, 3.63) is 46.8 Å². The molecule has 1 amide bonds. The molecule has 0 spiro atoms. The Labute approximate surface area is 224 Å². The molecule has 8 nitrogen and oxygen atoms in total. The maximum Gasteiger partial charge on any atom is 0.421 e. The highest BCUT2D eigenvalue weighted by Crippen LogP contribution is 2.40. The lowest BCUT2D eigenvalue weighted by Gasteiger charge is -2.36. The van der Waals surface area contributed by atoms with E-state index < -0.39 is 39.1 Å². The summed E-state index contributed by atoms with van der Waals surface area (Å²) in [6.45, 7) is 6.56. The van der Waals surface area contributed by atoms with Gasteiger partial charge < -0.3 is 20.1 Å². The van der Waals surface area contributed by atoms with Crippen LogP contribution in [0, 0.1) is 11.8 Å². The van der Waals surface area contributed by atoms with Crippen molar-refractivity contribution in [3.63, 3.8) is 0 Å². The van der Waals surface area contributed by atoms with Gasteiger partial charge in [0.15, 0.2) is 5.60 Å². The number of anilines is 1. The summed E-state index contributed by atoms with van der Waals surface area (Å²) in [5.41, 5.74) is -3.51. The molecule has 13 heteroatoms. The van der Waals surface area contributed by atoms with Gasteiger partial charge in [0.1, 0.15) is 9.81 Å². The van der Waals surface area contributed by atoms with Crippen LogP contribution in [-0.4, -0.2) is 68.4 Å². The lowest BCUT2D eigenvalue weighted by molar-refractivity contribution is -0.258. The van der Waals surface area contributed by atoms with Gasteiger partial charge in [-0.3, -0.25) is 0 Å². The van der Waals surface area contributed by atoms with E-state index in [2.05, 4.69) is 17.2 Å². The van der Waals surface area contributed by atoms with E-state index >= 15 is 0 Å². The average molecular weight is 574 g/mol. The average Bonchev–Trinajstić information content (AvgIpc) is 3.36. The van der Waals surface area contributed by atoms with Gasteiger partial charge in [0, 0.05) is 31.7 Å². The molecule has 208 valence electrons. The summed E-state index contributed by atoms with van der Waals surface area (Å²) in [5.74, 6) is 5.50. The van der Waals surface area contributed by atoms with E-state index in [0.717, 1.165) is 17.4 Å². The Morgan fingerprint density at radius 1 is 1.13 bits per heavy atom. The summed E-state index contributed by atoms with van der Waals surface area (Å²) in [7, 11) is -3.63.